The first-order valence-electron chi connectivity index (χ1n) is 8.55. The minimum absolute atomic E-state index is 0.0341. The van der Waals surface area contributed by atoms with Crippen LogP contribution in [0.1, 0.15) is 11.1 Å². The molecular formula is C21H18BrN3O3. The maximum Gasteiger partial charge on any atom is 0.261 e. The number of phenolic OH excluding ortho intramolecular Hbond substituents is 1. The summed E-state index contributed by atoms with van der Waals surface area (Å²) in [6.07, 6.45) is 4.02. The number of nitrogens with zero attached hydrogens (tertiary/aromatic N) is 1. The number of rotatable bonds is 6. The number of H-pyrrole nitrogens is 1. The Kier molecular flexibility index (Phi) is 6.02. The summed E-state index contributed by atoms with van der Waals surface area (Å²) in [4.78, 5) is 15.6. The van der Waals surface area contributed by atoms with E-state index in [4.69, 9.17) is 4.74 Å². The topological polar surface area (TPSA) is 98.1 Å². The second-order valence-corrected chi connectivity index (χ2v) is 6.94. The number of hydrogen-bond donors (Lipinski definition) is 3. The van der Waals surface area contributed by atoms with Crippen molar-refractivity contribution in [2.75, 3.05) is 13.7 Å². The molecule has 28 heavy (non-hydrogen) atoms. The number of aromatic hydroxyl groups is 1. The number of fused-ring (bicyclic) bond motifs is 1. The molecule has 0 aliphatic carbocycles. The van der Waals surface area contributed by atoms with E-state index in [2.05, 4.69) is 26.2 Å². The Morgan fingerprint density at radius 2 is 2.18 bits per heavy atom. The Morgan fingerprint density at radius 1 is 1.39 bits per heavy atom. The van der Waals surface area contributed by atoms with Gasteiger partial charge in [-0.2, -0.15) is 5.26 Å². The van der Waals surface area contributed by atoms with Crippen LogP contribution >= 0.6 is 15.9 Å². The third-order valence-corrected chi connectivity index (χ3v) is 5.00. The third kappa shape index (κ3) is 4.18. The second kappa shape index (κ2) is 8.63. The maximum absolute atomic E-state index is 12.4. The number of halogens is 1. The molecule has 1 aromatic heterocycles. The van der Waals surface area contributed by atoms with Gasteiger partial charge in [-0.15, -0.1) is 0 Å². The van der Waals surface area contributed by atoms with E-state index >= 15 is 0 Å². The molecule has 3 rings (SSSR count). The van der Waals surface area contributed by atoms with Gasteiger partial charge in [0.1, 0.15) is 11.6 Å². The van der Waals surface area contributed by atoms with Gasteiger partial charge in [-0.3, -0.25) is 4.79 Å². The molecule has 3 aromatic rings. The van der Waals surface area contributed by atoms with Gasteiger partial charge in [-0.25, -0.2) is 0 Å². The zero-order valence-corrected chi connectivity index (χ0v) is 16.7. The Balaban J connectivity index is 1.70. The monoisotopic (exact) mass is 439 g/mol. The van der Waals surface area contributed by atoms with Crippen LogP contribution in [0.25, 0.3) is 17.0 Å². The minimum Gasteiger partial charge on any atom is -0.504 e. The number of carbonyl (C=O) groups excluding carboxylic acids is 1. The number of methoxy groups -OCH3 is 1. The summed E-state index contributed by atoms with van der Waals surface area (Å²) < 4.78 is 5.62. The lowest BCUT2D eigenvalue weighted by molar-refractivity contribution is -0.117. The quantitative estimate of drug-likeness (QED) is 0.400. The van der Waals surface area contributed by atoms with E-state index in [0.717, 1.165) is 16.5 Å². The van der Waals surface area contributed by atoms with Crippen LogP contribution in [0.2, 0.25) is 0 Å². The highest BCUT2D eigenvalue weighted by Gasteiger charge is 2.12. The van der Waals surface area contributed by atoms with Gasteiger partial charge in [0.15, 0.2) is 11.5 Å². The highest BCUT2D eigenvalue weighted by Crippen LogP contribution is 2.33. The van der Waals surface area contributed by atoms with Crippen molar-refractivity contribution in [1.29, 1.82) is 5.26 Å². The SMILES string of the molecule is COc1cc(/C=C(/C#N)C(=O)NCCc2c[nH]c3ccccc23)c(Br)cc1O. The van der Waals surface area contributed by atoms with Gasteiger partial charge in [-0.05, 0) is 41.8 Å². The summed E-state index contributed by atoms with van der Waals surface area (Å²) in [6.45, 7) is 0.403. The largest absolute Gasteiger partial charge is 0.504 e. The zero-order valence-electron chi connectivity index (χ0n) is 15.1. The number of nitriles is 1. The molecule has 0 saturated heterocycles. The number of carbonyl (C=O) groups is 1. The van der Waals surface area contributed by atoms with Crippen molar-refractivity contribution in [2.24, 2.45) is 0 Å². The fraction of sp³-hybridized carbons (Fsp3) is 0.143. The maximum atomic E-state index is 12.4. The number of nitrogens with one attached hydrogen (secondary N) is 2. The smallest absolute Gasteiger partial charge is 0.261 e. The van der Waals surface area contributed by atoms with Crippen LogP contribution in [0, 0.1) is 11.3 Å². The molecule has 0 unspecified atom stereocenters. The van der Waals surface area contributed by atoms with Gasteiger partial charge in [0, 0.05) is 28.1 Å². The molecule has 2 aromatic carbocycles. The Bertz CT molecular complexity index is 1100. The summed E-state index contributed by atoms with van der Waals surface area (Å²) in [5.74, 6) is -0.235. The lowest BCUT2D eigenvalue weighted by Crippen LogP contribution is -2.26. The van der Waals surface area contributed by atoms with E-state index in [1.165, 1.54) is 19.3 Å². The number of phenols is 1. The predicted octanol–water partition coefficient (Wildman–Crippen LogP) is 3.91. The van der Waals surface area contributed by atoms with Crippen LogP contribution < -0.4 is 10.1 Å². The van der Waals surface area contributed by atoms with Gasteiger partial charge in [0.05, 0.1) is 7.11 Å². The van der Waals surface area contributed by atoms with Crippen molar-refractivity contribution in [3.05, 3.63) is 63.8 Å². The molecule has 0 aliphatic heterocycles. The molecule has 7 heteroatoms. The van der Waals surface area contributed by atoms with E-state index in [1.807, 2.05) is 36.5 Å². The zero-order chi connectivity index (χ0) is 20.1. The standard InChI is InChI=1S/C21H18BrN3O3/c1-28-20-9-14(17(22)10-19(20)26)8-15(11-23)21(27)24-7-6-13-12-25-18-5-3-2-4-16(13)18/h2-5,8-10,12,25-26H,6-7H2,1H3,(H,24,27)/b15-8-. The lowest BCUT2D eigenvalue weighted by Gasteiger charge is -2.08. The van der Waals surface area contributed by atoms with Crippen LogP contribution in [0.3, 0.4) is 0 Å². The fourth-order valence-electron chi connectivity index (χ4n) is 2.88. The molecular weight excluding hydrogens is 422 g/mol. The number of aromatic nitrogens is 1. The number of ether oxygens (including phenoxy) is 1. The van der Waals surface area contributed by atoms with Crippen molar-refractivity contribution >= 4 is 38.8 Å². The highest BCUT2D eigenvalue weighted by atomic mass is 79.9. The minimum atomic E-state index is -0.457. The summed E-state index contributed by atoms with van der Waals surface area (Å²) in [6, 6.07) is 12.9. The van der Waals surface area contributed by atoms with Gasteiger partial charge in [0.2, 0.25) is 0 Å². The van der Waals surface area contributed by atoms with Crippen LogP contribution in [0.5, 0.6) is 11.5 Å². The average molecular weight is 440 g/mol. The number of aromatic amines is 1. The van der Waals surface area contributed by atoms with Gasteiger partial charge in [0.25, 0.3) is 5.91 Å². The highest BCUT2D eigenvalue weighted by molar-refractivity contribution is 9.10. The first-order chi connectivity index (χ1) is 13.5. The molecule has 0 saturated carbocycles. The van der Waals surface area contributed by atoms with E-state index < -0.39 is 5.91 Å². The lowest BCUT2D eigenvalue weighted by atomic mass is 10.1. The molecule has 6 nitrogen and oxygen atoms in total. The summed E-state index contributed by atoms with van der Waals surface area (Å²) in [5.41, 5.74) is 2.67. The van der Waals surface area contributed by atoms with Crippen molar-refractivity contribution in [2.45, 2.75) is 6.42 Å². The summed E-state index contributed by atoms with van der Waals surface area (Å²) >= 11 is 3.31. The van der Waals surface area contributed by atoms with E-state index in [9.17, 15) is 15.2 Å². The molecule has 0 fully saturated rings. The summed E-state index contributed by atoms with van der Waals surface area (Å²) in [7, 11) is 1.43. The van der Waals surface area contributed by atoms with Crippen LogP contribution in [-0.4, -0.2) is 29.7 Å². The Hall–Kier alpha value is -3.24. The van der Waals surface area contributed by atoms with Crippen LogP contribution in [0.15, 0.2) is 52.6 Å². The first-order valence-corrected chi connectivity index (χ1v) is 9.34. The van der Waals surface area contributed by atoms with E-state index in [1.54, 1.807) is 6.07 Å². The number of para-hydroxylation sites is 1. The van der Waals surface area contributed by atoms with Crippen molar-refractivity contribution in [3.63, 3.8) is 0 Å². The molecule has 0 radical (unpaired) electrons. The molecule has 142 valence electrons. The van der Waals surface area contributed by atoms with Gasteiger partial charge in [-0.1, -0.05) is 34.1 Å². The molecule has 0 aliphatic rings. The fourth-order valence-corrected chi connectivity index (χ4v) is 3.33. The first kappa shape index (κ1) is 19.5. The Morgan fingerprint density at radius 3 is 2.93 bits per heavy atom. The molecule has 0 spiro atoms. The number of hydrogen-bond acceptors (Lipinski definition) is 4. The average Bonchev–Trinajstić information content (AvgIpc) is 3.10. The number of amides is 1. The normalized spacial score (nSPS) is 11.2. The second-order valence-electron chi connectivity index (χ2n) is 6.08. The van der Waals surface area contributed by atoms with E-state index in [0.29, 0.717) is 23.0 Å². The Labute approximate surface area is 170 Å². The summed E-state index contributed by atoms with van der Waals surface area (Å²) in [5, 5.41) is 23.0. The van der Waals surface area contributed by atoms with E-state index in [-0.39, 0.29) is 17.1 Å². The van der Waals surface area contributed by atoms with Crippen molar-refractivity contribution in [1.82, 2.24) is 10.3 Å². The van der Waals surface area contributed by atoms with Crippen LogP contribution in [0.4, 0.5) is 0 Å². The molecule has 0 bridgehead atoms. The molecule has 3 N–H and O–H groups in total. The number of benzene rings is 2. The van der Waals surface area contributed by atoms with Gasteiger partial charge < -0.3 is 20.1 Å². The molecule has 0 atom stereocenters. The van der Waals surface area contributed by atoms with Gasteiger partial charge >= 0.3 is 0 Å². The molecule has 1 heterocycles. The third-order valence-electron chi connectivity index (χ3n) is 4.32. The molecule has 1 amide bonds. The van der Waals surface area contributed by atoms with Crippen molar-refractivity contribution < 1.29 is 14.6 Å². The van der Waals surface area contributed by atoms with Crippen LogP contribution in [-0.2, 0) is 11.2 Å². The van der Waals surface area contributed by atoms with Crippen molar-refractivity contribution in [3.8, 4) is 17.6 Å². The predicted molar refractivity (Wildman–Crippen MR) is 111 cm³/mol.